The minimum Gasteiger partial charge on any atom is -0.334 e. The topological polar surface area (TPSA) is 64.0 Å². The molecule has 0 radical (unpaired) electrons. The van der Waals surface area contributed by atoms with Crippen molar-refractivity contribution in [1.82, 2.24) is 9.55 Å². The van der Waals surface area contributed by atoms with Crippen LogP contribution in [0.5, 0.6) is 0 Å². The van der Waals surface area contributed by atoms with Gasteiger partial charge in [0, 0.05) is 17.2 Å². The van der Waals surface area contributed by atoms with Crippen LogP contribution in [0.25, 0.3) is 0 Å². The van der Waals surface area contributed by atoms with Crippen LogP contribution < -0.4 is 4.72 Å². The standard InChI is InChI=1S/C13H16BrN3O2S/c1-4-17-8-13(15-10(17)3)20(18,19)16-12-7-9(2)5-6-11(12)14/h5-8,16H,4H2,1-3H3. The molecule has 1 aromatic heterocycles. The molecule has 2 rings (SSSR count). The van der Waals surface area contributed by atoms with Crippen LogP contribution in [0.4, 0.5) is 5.69 Å². The van der Waals surface area contributed by atoms with Crippen LogP contribution >= 0.6 is 15.9 Å². The Morgan fingerprint density at radius 3 is 2.65 bits per heavy atom. The van der Waals surface area contributed by atoms with Crippen LogP contribution in [0.2, 0.25) is 0 Å². The molecule has 0 amide bonds. The molecule has 0 aliphatic rings. The van der Waals surface area contributed by atoms with Crippen molar-refractivity contribution < 1.29 is 8.42 Å². The number of aromatic nitrogens is 2. The van der Waals surface area contributed by atoms with Gasteiger partial charge < -0.3 is 4.57 Å². The van der Waals surface area contributed by atoms with E-state index in [9.17, 15) is 8.42 Å². The van der Waals surface area contributed by atoms with E-state index < -0.39 is 10.0 Å². The first kappa shape index (κ1) is 15.1. The second kappa shape index (κ2) is 5.57. The Hall–Kier alpha value is -1.34. The summed E-state index contributed by atoms with van der Waals surface area (Å²) in [6.07, 6.45) is 1.54. The van der Waals surface area contributed by atoms with Crippen molar-refractivity contribution in [2.45, 2.75) is 32.3 Å². The number of nitrogens with one attached hydrogen (secondary N) is 1. The number of halogens is 1. The number of nitrogens with zero attached hydrogens (tertiary/aromatic N) is 2. The van der Waals surface area contributed by atoms with Crippen molar-refractivity contribution in [1.29, 1.82) is 0 Å². The zero-order chi connectivity index (χ0) is 14.9. The van der Waals surface area contributed by atoms with Crippen molar-refractivity contribution in [2.75, 3.05) is 4.72 Å². The number of hydrogen-bond acceptors (Lipinski definition) is 3. The van der Waals surface area contributed by atoms with Crippen LogP contribution in [0.1, 0.15) is 18.3 Å². The molecule has 0 spiro atoms. The molecule has 1 N–H and O–H groups in total. The van der Waals surface area contributed by atoms with Gasteiger partial charge >= 0.3 is 0 Å². The maximum Gasteiger partial charge on any atom is 0.280 e. The SMILES string of the molecule is CCn1cc(S(=O)(=O)Nc2cc(C)ccc2Br)nc1C. The van der Waals surface area contributed by atoms with Gasteiger partial charge in [0.15, 0.2) is 5.03 Å². The summed E-state index contributed by atoms with van der Waals surface area (Å²) in [7, 11) is -3.68. The largest absolute Gasteiger partial charge is 0.334 e. The fourth-order valence-corrected chi connectivity index (χ4v) is 3.40. The monoisotopic (exact) mass is 357 g/mol. The zero-order valence-electron chi connectivity index (χ0n) is 11.5. The summed E-state index contributed by atoms with van der Waals surface area (Å²) in [6, 6.07) is 5.48. The molecule has 0 atom stereocenters. The molecule has 0 aliphatic carbocycles. The predicted molar refractivity (Wildman–Crippen MR) is 82.3 cm³/mol. The van der Waals surface area contributed by atoms with E-state index in [1.54, 1.807) is 23.8 Å². The molecular weight excluding hydrogens is 342 g/mol. The summed E-state index contributed by atoms with van der Waals surface area (Å²) in [6.45, 7) is 6.31. The van der Waals surface area contributed by atoms with Crippen LogP contribution in [-0.2, 0) is 16.6 Å². The van der Waals surface area contributed by atoms with Crippen molar-refractivity contribution in [3.63, 3.8) is 0 Å². The third-order valence-electron chi connectivity index (χ3n) is 2.94. The first-order chi connectivity index (χ1) is 9.33. The summed E-state index contributed by atoms with van der Waals surface area (Å²) < 4.78 is 29.7. The first-order valence-electron chi connectivity index (χ1n) is 6.16. The van der Waals surface area contributed by atoms with E-state index in [2.05, 4.69) is 25.6 Å². The predicted octanol–water partition coefficient (Wildman–Crippen LogP) is 3.08. The lowest BCUT2D eigenvalue weighted by Gasteiger charge is -2.08. The maximum absolute atomic E-state index is 12.3. The quantitative estimate of drug-likeness (QED) is 0.914. The summed E-state index contributed by atoms with van der Waals surface area (Å²) in [5.74, 6) is 0.677. The number of sulfonamides is 1. The molecule has 1 aromatic carbocycles. The Morgan fingerprint density at radius 1 is 1.35 bits per heavy atom. The van der Waals surface area contributed by atoms with Gasteiger partial charge in [0.2, 0.25) is 0 Å². The summed E-state index contributed by atoms with van der Waals surface area (Å²) in [4.78, 5) is 4.10. The number of imidazole rings is 1. The Labute approximate surface area is 127 Å². The Balaban J connectivity index is 2.37. The molecule has 5 nitrogen and oxygen atoms in total. The van der Waals surface area contributed by atoms with E-state index in [1.807, 2.05) is 26.0 Å². The van der Waals surface area contributed by atoms with Gasteiger partial charge in [-0.1, -0.05) is 6.07 Å². The van der Waals surface area contributed by atoms with E-state index in [4.69, 9.17) is 0 Å². The molecule has 1 heterocycles. The minimum atomic E-state index is -3.68. The van der Waals surface area contributed by atoms with Gasteiger partial charge in [0.1, 0.15) is 5.82 Å². The molecule has 2 aromatic rings. The van der Waals surface area contributed by atoms with E-state index in [-0.39, 0.29) is 5.03 Å². The molecule has 0 saturated heterocycles. The smallest absolute Gasteiger partial charge is 0.280 e. The third kappa shape index (κ3) is 3.04. The average molecular weight is 358 g/mol. The lowest BCUT2D eigenvalue weighted by atomic mass is 10.2. The molecule has 0 unspecified atom stereocenters. The van der Waals surface area contributed by atoms with Crippen LogP contribution in [0.15, 0.2) is 33.9 Å². The van der Waals surface area contributed by atoms with Gasteiger partial charge in [-0.3, -0.25) is 4.72 Å². The maximum atomic E-state index is 12.3. The molecule has 20 heavy (non-hydrogen) atoms. The van der Waals surface area contributed by atoms with Crippen molar-refractivity contribution in [2.24, 2.45) is 0 Å². The summed E-state index contributed by atoms with van der Waals surface area (Å²) >= 11 is 3.34. The van der Waals surface area contributed by atoms with Crippen LogP contribution in [-0.4, -0.2) is 18.0 Å². The molecule has 0 saturated carbocycles. The molecule has 0 fully saturated rings. The Morgan fingerprint density at radius 2 is 2.05 bits per heavy atom. The average Bonchev–Trinajstić information content (AvgIpc) is 2.76. The lowest BCUT2D eigenvalue weighted by molar-refractivity contribution is 0.598. The molecular formula is C13H16BrN3O2S. The van der Waals surface area contributed by atoms with Crippen molar-refractivity contribution >= 4 is 31.6 Å². The fraction of sp³-hybridized carbons (Fsp3) is 0.308. The molecule has 7 heteroatoms. The van der Waals surface area contributed by atoms with Gasteiger partial charge in [-0.25, -0.2) is 4.98 Å². The third-order valence-corrected chi connectivity index (χ3v) is 4.86. The van der Waals surface area contributed by atoms with Crippen molar-refractivity contribution in [3.05, 3.63) is 40.3 Å². The van der Waals surface area contributed by atoms with Gasteiger partial charge in [-0.2, -0.15) is 8.42 Å². The van der Waals surface area contributed by atoms with E-state index in [1.165, 1.54) is 0 Å². The van der Waals surface area contributed by atoms with Crippen LogP contribution in [0, 0.1) is 13.8 Å². The van der Waals surface area contributed by atoms with Gasteiger partial charge in [0.05, 0.1) is 5.69 Å². The van der Waals surface area contributed by atoms with Gasteiger partial charge in [0.25, 0.3) is 10.0 Å². The second-order valence-electron chi connectivity index (χ2n) is 4.50. The van der Waals surface area contributed by atoms with E-state index in [0.717, 1.165) is 5.56 Å². The van der Waals surface area contributed by atoms with E-state index in [0.29, 0.717) is 22.5 Å². The van der Waals surface area contributed by atoms with Crippen LogP contribution in [0.3, 0.4) is 0 Å². The molecule has 0 aliphatic heterocycles. The van der Waals surface area contributed by atoms with Gasteiger partial charge in [-0.15, -0.1) is 0 Å². The number of aryl methyl sites for hydroxylation is 3. The molecule has 108 valence electrons. The summed E-state index contributed by atoms with van der Waals surface area (Å²) in [5, 5.41) is 0.0326. The number of benzene rings is 1. The second-order valence-corrected chi connectivity index (χ2v) is 6.98. The first-order valence-corrected chi connectivity index (χ1v) is 8.44. The van der Waals surface area contributed by atoms with Crippen molar-refractivity contribution in [3.8, 4) is 0 Å². The van der Waals surface area contributed by atoms with E-state index >= 15 is 0 Å². The normalized spacial score (nSPS) is 11.6. The highest BCUT2D eigenvalue weighted by molar-refractivity contribution is 9.10. The Bertz CT molecular complexity index is 738. The fourth-order valence-electron chi connectivity index (χ4n) is 1.84. The highest BCUT2D eigenvalue weighted by Crippen LogP contribution is 2.25. The number of anilines is 1. The highest BCUT2D eigenvalue weighted by Gasteiger charge is 2.20. The highest BCUT2D eigenvalue weighted by atomic mass is 79.9. The lowest BCUT2D eigenvalue weighted by Crippen LogP contribution is -2.14. The zero-order valence-corrected chi connectivity index (χ0v) is 13.9. The number of rotatable bonds is 4. The Kier molecular flexibility index (Phi) is 4.19. The van der Waals surface area contributed by atoms with Gasteiger partial charge in [-0.05, 0) is 54.4 Å². The summed E-state index contributed by atoms with van der Waals surface area (Å²) in [5.41, 5.74) is 1.48. The molecule has 0 bridgehead atoms. The number of hydrogen-bond donors (Lipinski definition) is 1. The minimum absolute atomic E-state index is 0.0326.